The van der Waals surface area contributed by atoms with Gasteiger partial charge in [0.25, 0.3) is 5.91 Å². The maximum atomic E-state index is 13.9. The third-order valence-corrected chi connectivity index (χ3v) is 11.3. The summed E-state index contributed by atoms with van der Waals surface area (Å²) < 4.78 is 66.0. The van der Waals surface area contributed by atoms with Crippen LogP contribution in [0.4, 0.5) is 18.0 Å². The van der Waals surface area contributed by atoms with E-state index >= 15 is 0 Å². The molecule has 2 aliphatic rings. The largest absolute Gasteiger partial charge is 0.389 e. The number of carbonyl (C=O) groups excluding carboxylic acids is 4. The number of alkyl halides is 3. The summed E-state index contributed by atoms with van der Waals surface area (Å²) in [5, 5.41) is 22.2. The second-order valence-electron chi connectivity index (χ2n) is 15.8. The highest BCUT2D eigenvalue weighted by atomic mass is 32.2. The molecule has 0 spiro atoms. The summed E-state index contributed by atoms with van der Waals surface area (Å²) in [7, 11) is -3.44. The van der Waals surface area contributed by atoms with E-state index in [2.05, 4.69) is 27.8 Å². The number of nitrogens with one attached hydrogen (secondary N) is 4. The lowest BCUT2D eigenvalue weighted by molar-refractivity contribution is -0.147. The van der Waals surface area contributed by atoms with Gasteiger partial charge in [-0.3, -0.25) is 19.3 Å². The Hall–Kier alpha value is -2.76. The van der Waals surface area contributed by atoms with Gasteiger partial charge in [-0.2, -0.15) is 17.5 Å². The van der Waals surface area contributed by atoms with Gasteiger partial charge in [0.15, 0.2) is 0 Å². The fraction of sp³-hybridized carbons (Fsp3) is 0.818. The molecule has 0 aromatic carbocycles. The van der Waals surface area contributed by atoms with E-state index < -0.39 is 93.9 Å². The molecule has 2 fully saturated rings. The lowest BCUT2D eigenvalue weighted by atomic mass is 9.84. The zero-order valence-electron chi connectivity index (χ0n) is 30.5. The van der Waals surface area contributed by atoms with E-state index in [-0.39, 0.29) is 37.2 Å². The van der Waals surface area contributed by atoms with Gasteiger partial charge in [0.1, 0.15) is 6.23 Å². The van der Waals surface area contributed by atoms with Gasteiger partial charge in [-0.25, -0.2) is 13.2 Å². The summed E-state index contributed by atoms with van der Waals surface area (Å²) in [4.78, 5) is 54.3. The van der Waals surface area contributed by atoms with E-state index in [1.807, 2.05) is 34.6 Å². The van der Waals surface area contributed by atoms with Crippen LogP contribution >= 0.6 is 0 Å². The van der Waals surface area contributed by atoms with Crippen LogP contribution in [0.1, 0.15) is 81.1 Å². The maximum Gasteiger partial charge on any atom is 0.389 e. The number of rotatable bonds is 15. The predicted molar refractivity (Wildman–Crippen MR) is 183 cm³/mol. The molecule has 5 N–H and O–H groups in total. The molecule has 0 aromatic rings. The van der Waals surface area contributed by atoms with Crippen molar-refractivity contribution in [1.82, 2.24) is 30.5 Å². The Kier molecular flexibility index (Phi) is 14.9. The molecule has 2 heterocycles. The van der Waals surface area contributed by atoms with Crippen LogP contribution in [-0.2, 0) is 24.4 Å². The molecule has 13 nitrogen and oxygen atoms in total. The van der Waals surface area contributed by atoms with Gasteiger partial charge < -0.3 is 26.4 Å². The summed E-state index contributed by atoms with van der Waals surface area (Å²) in [5.41, 5.74) is -1.34. The fourth-order valence-electron chi connectivity index (χ4n) is 6.33. The van der Waals surface area contributed by atoms with Gasteiger partial charge in [-0.15, -0.1) is 6.58 Å². The van der Waals surface area contributed by atoms with Crippen LogP contribution in [0.15, 0.2) is 12.7 Å². The number of hydrogen-bond donors (Lipinski definition) is 5. The number of amides is 4. The predicted octanol–water partition coefficient (Wildman–Crippen LogP) is 2.51. The Bertz CT molecular complexity index is 1330. The Morgan fingerprint density at radius 3 is 2.08 bits per heavy atom. The van der Waals surface area contributed by atoms with Crippen molar-refractivity contribution in [3.05, 3.63) is 12.7 Å². The summed E-state index contributed by atoms with van der Waals surface area (Å²) in [6, 6.07) is -5.15. The highest BCUT2D eigenvalue weighted by molar-refractivity contribution is 7.89. The van der Waals surface area contributed by atoms with Gasteiger partial charge in [0, 0.05) is 38.6 Å². The number of aliphatic hydroxyl groups excluding tert-OH is 1. The molecule has 50 heavy (non-hydrogen) atoms. The topological polar surface area (TPSA) is 177 Å². The van der Waals surface area contributed by atoms with E-state index in [0.717, 1.165) is 0 Å². The van der Waals surface area contributed by atoms with Crippen LogP contribution in [0.5, 0.6) is 0 Å². The van der Waals surface area contributed by atoms with Crippen LogP contribution in [0, 0.1) is 22.7 Å². The molecule has 6 atom stereocenters. The molecule has 2 rings (SSSR count). The van der Waals surface area contributed by atoms with Crippen LogP contribution in [0.2, 0.25) is 0 Å². The van der Waals surface area contributed by atoms with E-state index in [9.17, 15) is 45.9 Å². The Balaban J connectivity index is 2.36. The molecule has 0 radical (unpaired) electrons. The van der Waals surface area contributed by atoms with Crippen molar-refractivity contribution in [3.8, 4) is 0 Å². The van der Waals surface area contributed by atoms with Gasteiger partial charge in [-0.1, -0.05) is 61.5 Å². The molecule has 2 unspecified atom stereocenters. The zero-order chi connectivity index (χ0) is 38.4. The first kappa shape index (κ1) is 43.4. The molecular weight excluding hydrogens is 681 g/mol. The smallest absolute Gasteiger partial charge is 0.376 e. The SMILES string of the molecule is C=CCNC(=O)C(=O)C(CCC(F)(F)F)NC(=O)[C@@H]1[C@@H](C(C)C)CCN1C(O)[C@@H](NC(=O)N[C@H](CN1CCCS1(=O)=O)C(C)(C)C)C(C)(C)C. The van der Waals surface area contributed by atoms with Crippen molar-refractivity contribution < 1.29 is 45.9 Å². The van der Waals surface area contributed by atoms with Crippen LogP contribution in [-0.4, -0.2) is 115 Å². The van der Waals surface area contributed by atoms with Crippen molar-refractivity contribution in [3.63, 3.8) is 0 Å². The molecule has 17 heteroatoms. The number of ketones is 1. The molecule has 0 aliphatic carbocycles. The maximum absolute atomic E-state index is 13.9. The van der Waals surface area contributed by atoms with E-state index in [1.54, 1.807) is 20.8 Å². The van der Waals surface area contributed by atoms with Gasteiger partial charge >= 0.3 is 12.2 Å². The summed E-state index contributed by atoms with van der Waals surface area (Å²) >= 11 is 0. The number of nitrogens with zero attached hydrogens (tertiary/aromatic N) is 2. The number of likely N-dealkylation sites (tertiary alicyclic amines) is 1. The highest BCUT2D eigenvalue weighted by Gasteiger charge is 2.48. The monoisotopic (exact) mass is 738 g/mol. The lowest BCUT2D eigenvalue weighted by Crippen LogP contribution is -2.64. The number of urea groups is 1. The normalized spacial score (nSPS) is 22.7. The van der Waals surface area contributed by atoms with Gasteiger partial charge in [-0.05, 0) is 41.9 Å². The number of halogens is 3. The molecule has 0 bridgehead atoms. The van der Waals surface area contributed by atoms with Gasteiger partial charge in [0.2, 0.25) is 21.7 Å². The first-order valence-corrected chi connectivity index (χ1v) is 18.7. The van der Waals surface area contributed by atoms with Crippen molar-refractivity contribution >= 4 is 33.7 Å². The molecule has 0 saturated carbocycles. The summed E-state index contributed by atoms with van der Waals surface area (Å²) in [6.07, 6.45) is -6.20. The van der Waals surface area contributed by atoms with Crippen LogP contribution < -0.4 is 21.3 Å². The molecule has 288 valence electrons. The average molecular weight is 739 g/mol. The van der Waals surface area contributed by atoms with E-state index in [4.69, 9.17) is 0 Å². The molecule has 4 amide bonds. The summed E-state index contributed by atoms with van der Waals surface area (Å²) in [5.74, 6) is -3.71. The second-order valence-corrected chi connectivity index (χ2v) is 17.9. The third kappa shape index (κ3) is 12.2. The number of sulfonamides is 1. The van der Waals surface area contributed by atoms with Crippen molar-refractivity contribution in [2.45, 2.75) is 118 Å². The minimum absolute atomic E-state index is 0.0377. The Labute approximate surface area is 294 Å². The number of carbonyl (C=O) groups is 4. The first-order chi connectivity index (χ1) is 22.8. The molecule has 0 aromatic heterocycles. The van der Waals surface area contributed by atoms with E-state index in [1.165, 1.54) is 15.3 Å². The minimum Gasteiger partial charge on any atom is -0.376 e. The number of Topliss-reactive ketones (excluding diaryl/α,β-unsaturated/α-hetero) is 1. The molecular formula is C33H57F3N6O7S. The van der Waals surface area contributed by atoms with Gasteiger partial charge in [0.05, 0.1) is 23.9 Å². The van der Waals surface area contributed by atoms with E-state index in [0.29, 0.717) is 19.4 Å². The third-order valence-electron chi connectivity index (χ3n) is 9.39. The number of hydrogen-bond acceptors (Lipinski definition) is 8. The molecule has 2 saturated heterocycles. The Morgan fingerprint density at radius 2 is 1.60 bits per heavy atom. The highest BCUT2D eigenvalue weighted by Crippen LogP contribution is 2.35. The first-order valence-electron chi connectivity index (χ1n) is 17.1. The Morgan fingerprint density at radius 1 is 0.980 bits per heavy atom. The fourth-order valence-corrected chi connectivity index (χ4v) is 7.87. The average Bonchev–Trinajstić information content (AvgIpc) is 3.57. The van der Waals surface area contributed by atoms with Crippen LogP contribution in [0.25, 0.3) is 0 Å². The molecule has 2 aliphatic heterocycles. The van der Waals surface area contributed by atoms with Crippen molar-refractivity contribution in [1.29, 1.82) is 0 Å². The number of aliphatic hydroxyl groups is 1. The zero-order valence-corrected chi connectivity index (χ0v) is 31.3. The van der Waals surface area contributed by atoms with Crippen LogP contribution in [0.3, 0.4) is 0 Å². The second kappa shape index (κ2) is 17.2. The quantitative estimate of drug-likeness (QED) is 0.126. The van der Waals surface area contributed by atoms with Crippen molar-refractivity contribution in [2.75, 3.05) is 31.9 Å². The lowest BCUT2D eigenvalue weighted by Gasteiger charge is -2.42. The van der Waals surface area contributed by atoms with Crippen molar-refractivity contribution in [2.24, 2.45) is 22.7 Å². The standard InChI is InChI=1S/C33H57F3N6O7S/c1-10-15-37-28(45)25(43)22(12-14-33(34,35)36)38-27(44)24-21(20(2)3)13-17-42(24)29(46)26(32(7,8)9)40-30(47)39-23(31(4,5)6)19-41-16-11-18-50(41,48)49/h10,20-24,26,29,46H,1,11-19H2,2-9H3,(H,37,45)(H,38,44)(H2,39,40,47)/t21-,22?,23-,24+,26-,29?/m1/s1. The summed E-state index contributed by atoms with van der Waals surface area (Å²) in [6.45, 7) is 18.6. The minimum atomic E-state index is -4.65.